The van der Waals surface area contributed by atoms with Crippen LogP contribution in [0, 0.1) is 5.92 Å². The Bertz CT molecular complexity index is 1470. The van der Waals surface area contributed by atoms with Crippen molar-refractivity contribution in [2.24, 2.45) is 5.92 Å². The van der Waals surface area contributed by atoms with Gasteiger partial charge in [0, 0.05) is 24.0 Å². The van der Waals surface area contributed by atoms with Crippen molar-refractivity contribution in [3.8, 4) is 11.1 Å². The van der Waals surface area contributed by atoms with Crippen molar-refractivity contribution >= 4 is 33.6 Å². The number of rotatable bonds is 10. The van der Waals surface area contributed by atoms with E-state index in [1.807, 2.05) is 47.4 Å². The molecule has 1 aliphatic carbocycles. The molecule has 0 radical (unpaired) electrons. The lowest BCUT2D eigenvalue weighted by Gasteiger charge is -2.34. The van der Waals surface area contributed by atoms with Gasteiger partial charge in [0.15, 0.2) is 0 Å². The molecule has 8 nitrogen and oxygen atoms in total. The van der Waals surface area contributed by atoms with Gasteiger partial charge in [-0.2, -0.15) is 4.31 Å². The smallest absolute Gasteiger partial charge is 0.325 e. The molecule has 3 aromatic rings. The van der Waals surface area contributed by atoms with Crippen LogP contribution < -0.4 is 0 Å². The number of sulfonamides is 1. The summed E-state index contributed by atoms with van der Waals surface area (Å²) in [5.41, 5.74) is 0.868. The molecule has 10 heteroatoms. The minimum absolute atomic E-state index is 0.0192. The van der Waals surface area contributed by atoms with Crippen molar-refractivity contribution in [2.45, 2.75) is 35.6 Å². The highest BCUT2D eigenvalue weighted by Crippen LogP contribution is 2.57. The second kappa shape index (κ2) is 11.3. The Hall–Kier alpha value is -3.24. The minimum atomic E-state index is -4.20. The molecular formula is C30H31ClN2O6S. The number of aliphatic carboxylic acids is 2. The zero-order chi connectivity index (χ0) is 28.5. The lowest BCUT2D eigenvalue weighted by atomic mass is 9.97. The van der Waals surface area contributed by atoms with E-state index in [1.54, 1.807) is 24.3 Å². The van der Waals surface area contributed by atoms with Crippen LogP contribution in [0.5, 0.6) is 0 Å². The SMILES string of the molecule is O=C(O)C1CCN(CCN([C@]2(C(=O)O)C[C@H]2c2ccccc2)S(=O)(=O)c2ccc(-c3ccc(Cl)cc3)cc2)CC1. The van der Waals surface area contributed by atoms with Gasteiger partial charge in [0.05, 0.1) is 10.8 Å². The molecule has 0 bridgehead atoms. The van der Waals surface area contributed by atoms with Gasteiger partial charge < -0.3 is 15.1 Å². The van der Waals surface area contributed by atoms with E-state index >= 15 is 0 Å². The molecule has 2 aliphatic rings. The molecule has 2 N–H and O–H groups in total. The van der Waals surface area contributed by atoms with E-state index in [1.165, 1.54) is 16.4 Å². The number of piperidine rings is 1. The number of hydrogen-bond donors (Lipinski definition) is 2. The van der Waals surface area contributed by atoms with E-state index in [9.17, 15) is 28.2 Å². The van der Waals surface area contributed by atoms with Gasteiger partial charge in [-0.1, -0.05) is 66.2 Å². The van der Waals surface area contributed by atoms with Crippen molar-refractivity contribution in [3.63, 3.8) is 0 Å². The molecule has 40 heavy (non-hydrogen) atoms. The van der Waals surface area contributed by atoms with Crippen LogP contribution in [0.3, 0.4) is 0 Å². The number of hydrogen-bond acceptors (Lipinski definition) is 5. The fourth-order valence-corrected chi connectivity index (χ4v) is 7.60. The average Bonchev–Trinajstić information content (AvgIpc) is 3.71. The maximum Gasteiger partial charge on any atom is 0.325 e. The normalized spacial score (nSPS) is 21.8. The third-order valence-corrected chi connectivity index (χ3v) is 10.3. The average molecular weight is 583 g/mol. The molecule has 1 saturated carbocycles. The Labute approximate surface area is 238 Å². The Balaban J connectivity index is 1.45. The van der Waals surface area contributed by atoms with E-state index in [0.29, 0.717) is 37.5 Å². The molecule has 2 atom stereocenters. The summed E-state index contributed by atoms with van der Waals surface area (Å²) in [4.78, 5) is 26.2. The molecule has 0 spiro atoms. The van der Waals surface area contributed by atoms with Crippen LogP contribution in [0.4, 0.5) is 0 Å². The number of nitrogens with zero attached hydrogens (tertiary/aromatic N) is 2. The summed E-state index contributed by atoms with van der Waals surface area (Å²) in [5.74, 6) is -2.88. The summed E-state index contributed by atoms with van der Waals surface area (Å²) in [5, 5.41) is 20.4. The van der Waals surface area contributed by atoms with E-state index in [2.05, 4.69) is 0 Å². The largest absolute Gasteiger partial charge is 0.481 e. The predicted octanol–water partition coefficient (Wildman–Crippen LogP) is 4.81. The van der Waals surface area contributed by atoms with Crippen LogP contribution in [0.1, 0.15) is 30.7 Å². The second-order valence-corrected chi connectivity index (χ2v) is 12.8. The monoisotopic (exact) mass is 582 g/mol. The third-order valence-electron chi connectivity index (χ3n) is 8.13. The first-order valence-corrected chi connectivity index (χ1v) is 15.1. The summed E-state index contributed by atoms with van der Waals surface area (Å²) in [6, 6.07) is 22.8. The van der Waals surface area contributed by atoms with E-state index in [0.717, 1.165) is 16.7 Å². The predicted molar refractivity (Wildman–Crippen MR) is 152 cm³/mol. The van der Waals surface area contributed by atoms with Gasteiger partial charge in [0.2, 0.25) is 10.0 Å². The number of likely N-dealkylation sites (tertiary alicyclic amines) is 1. The molecule has 3 aromatic carbocycles. The van der Waals surface area contributed by atoms with Crippen molar-refractivity contribution in [1.82, 2.24) is 9.21 Å². The van der Waals surface area contributed by atoms with Gasteiger partial charge in [-0.3, -0.25) is 9.59 Å². The quantitative estimate of drug-likeness (QED) is 0.353. The Morgan fingerprint density at radius 1 is 0.900 bits per heavy atom. The zero-order valence-corrected chi connectivity index (χ0v) is 23.4. The number of benzene rings is 3. The first-order valence-electron chi connectivity index (χ1n) is 13.3. The molecule has 1 heterocycles. The fraction of sp³-hybridized carbons (Fsp3) is 0.333. The molecule has 5 rings (SSSR count). The van der Waals surface area contributed by atoms with Gasteiger partial charge in [0.25, 0.3) is 0 Å². The van der Waals surface area contributed by atoms with Crippen LogP contribution in [0.25, 0.3) is 11.1 Å². The number of carboxylic acid groups (broad SMARTS) is 2. The van der Waals surface area contributed by atoms with Crippen LogP contribution in [-0.2, 0) is 19.6 Å². The van der Waals surface area contributed by atoms with Gasteiger partial charge in [-0.25, -0.2) is 8.42 Å². The van der Waals surface area contributed by atoms with Gasteiger partial charge in [0.1, 0.15) is 5.54 Å². The molecule has 0 amide bonds. The van der Waals surface area contributed by atoms with Crippen LogP contribution in [0.2, 0.25) is 5.02 Å². The van der Waals surface area contributed by atoms with Crippen LogP contribution in [-0.4, -0.2) is 71.5 Å². The topological polar surface area (TPSA) is 115 Å². The maximum atomic E-state index is 14.2. The van der Waals surface area contributed by atoms with Crippen molar-refractivity contribution < 1.29 is 28.2 Å². The number of halogens is 1. The fourth-order valence-electron chi connectivity index (χ4n) is 5.71. The minimum Gasteiger partial charge on any atom is -0.481 e. The molecular weight excluding hydrogens is 552 g/mol. The van der Waals surface area contributed by atoms with Crippen LogP contribution in [0.15, 0.2) is 83.8 Å². The molecule has 2 fully saturated rings. The Kier molecular flexibility index (Phi) is 8.01. The Morgan fingerprint density at radius 3 is 2.02 bits per heavy atom. The van der Waals surface area contributed by atoms with E-state index < -0.39 is 39.3 Å². The van der Waals surface area contributed by atoms with Crippen molar-refractivity contribution in [1.29, 1.82) is 0 Å². The van der Waals surface area contributed by atoms with Crippen molar-refractivity contribution in [3.05, 3.63) is 89.4 Å². The highest BCUT2D eigenvalue weighted by atomic mass is 35.5. The summed E-state index contributed by atoms with van der Waals surface area (Å²) in [7, 11) is -4.20. The summed E-state index contributed by atoms with van der Waals surface area (Å²) in [6.07, 6.45) is 1.13. The summed E-state index contributed by atoms with van der Waals surface area (Å²) < 4.78 is 29.5. The summed E-state index contributed by atoms with van der Waals surface area (Å²) in [6.45, 7) is 1.32. The van der Waals surface area contributed by atoms with Gasteiger partial charge >= 0.3 is 11.9 Å². The maximum absolute atomic E-state index is 14.2. The molecule has 0 aromatic heterocycles. The van der Waals surface area contributed by atoms with E-state index in [4.69, 9.17) is 11.6 Å². The molecule has 1 saturated heterocycles. The standard InChI is InChI=1S/C30H31ClN2O6S/c31-25-10-6-21(7-11-25)22-8-12-26(13-9-22)40(38,39)33(19-18-32-16-14-24(15-17-32)28(34)35)30(29(36)37)20-27(30)23-4-2-1-3-5-23/h1-13,24,27H,14-20H2,(H,34,35)(H,36,37)/t27-,30+/m0/s1. The van der Waals surface area contributed by atoms with Gasteiger partial charge in [-0.15, -0.1) is 0 Å². The zero-order valence-electron chi connectivity index (χ0n) is 21.8. The first-order chi connectivity index (χ1) is 19.1. The Morgan fingerprint density at radius 2 is 1.48 bits per heavy atom. The number of carboxylic acids is 2. The van der Waals surface area contributed by atoms with E-state index in [-0.39, 0.29) is 17.9 Å². The molecule has 0 unspecified atom stereocenters. The van der Waals surface area contributed by atoms with Gasteiger partial charge in [-0.05, 0) is 73.3 Å². The third kappa shape index (κ3) is 5.51. The highest BCUT2D eigenvalue weighted by Gasteiger charge is 2.67. The van der Waals surface area contributed by atoms with Crippen LogP contribution >= 0.6 is 11.6 Å². The lowest BCUT2D eigenvalue weighted by Crippen LogP contribution is -2.51. The van der Waals surface area contributed by atoms with Crippen molar-refractivity contribution in [2.75, 3.05) is 26.2 Å². The summed E-state index contributed by atoms with van der Waals surface area (Å²) >= 11 is 5.99. The first kappa shape index (κ1) is 28.3. The number of carbonyl (C=O) groups is 2. The second-order valence-electron chi connectivity index (χ2n) is 10.5. The highest BCUT2D eigenvalue weighted by molar-refractivity contribution is 7.89. The molecule has 210 valence electrons. The molecule has 1 aliphatic heterocycles. The lowest BCUT2D eigenvalue weighted by molar-refractivity contribution is -0.144.